The predicted molar refractivity (Wildman–Crippen MR) is 107 cm³/mol. The topological polar surface area (TPSA) is 59.8 Å². The SMILES string of the molecule is COCCN1c2cccnc2-n2cccc2C12CCN(C(=O)C1[C@H]3COC[C@@H]13)C2. The highest BCUT2D eigenvalue weighted by molar-refractivity contribution is 5.83. The summed E-state index contributed by atoms with van der Waals surface area (Å²) < 4.78 is 13.1. The predicted octanol–water partition coefficient (Wildman–Crippen LogP) is 1.66. The quantitative estimate of drug-likeness (QED) is 0.789. The monoisotopic (exact) mass is 394 g/mol. The standard InChI is InChI=1S/C22H26N4O3/c1-28-11-10-26-17-4-2-7-23-20(17)25-8-3-5-18(25)22(26)6-9-24(14-22)21(27)19-15-12-29-13-16(15)19/h2-5,7-8,15-16,19H,6,9-14H2,1H3/t15-,16+,19?,22?. The molecule has 1 amide bonds. The van der Waals surface area contributed by atoms with Crippen LogP contribution in [0, 0.1) is 17.8 Å². The van der Waals surface area contributed by atoms with Crippen molar-refractivity contribution in [1.29, 1.82) is 0 Å². The number of rotatable bonds is 4. The number of ether oxygens (including phenoxy) is 2. The van der Waals surface area contributed by atoms with Gasteiger partial charge in [-0.15, -0.1) is 0 Å². The van der Waals surface area contributed by atoms with E-state index in [-0.39, 0.29) is 11.5 Å². The molecule has 0 aromatic carbocycles. The van der Waals surface area contributed by atoms with E-state index < -0.39 is 0 Å². The van der Waals surface area contributed by atoms with Crippen LogP contribution >= 0.6 is 0 Å². The molecule has 0 N–H and O–H groups in total. The average molecular weight is 394 g/mol. The van der Waals surface area contributed by atoms with Crippen molar-refractivity contribution in [2.75, 3.05) is 51.5 Å². The van der Waals surface area contributed by atoms with Crippen LogP contribution < -0.4 is 4.90 Å². The summed E-state index contributed by atoms with van der Waals surface area (Å²) in [4.78, 5) is 22.5. The number of hydrogen-bond acceptors (Lipinski definition) is 5. The van der Waals surface area contributed by atoms with Crippen molar-refractivity contribution in [3.63, 3.8) is 0 Å². The van der Waals surface area contributed by atoms with Gasteiger partial charge in [-0.3, -0.25) is 4.79 Å². The maximum atomic E-state index is 13.3. The molecule has 6 rings (SSSR count). The second kappa shape index (κ2) is 6.31. The summed E-state index contributed by atoms with van der Waals surface area (Å²) in [6, 6.07) is 8.40. The highest BCUT2D eigenvalue weighted by atomic mass is 16.5. The van der Waals surface area contributed by atoms with Gasteiger partial charge in [0.25, 0.3) is 0 Å². The van der Waals surface area contributed by atoms with Gasteiger partial charge in [-0.05, 0) is 42.5 Å². The summed E-state index contributed by atoms with van der Waals surface area (Å²) in [5.41, 5.74) is 2.09. The molecule has 3 fully saturated rings. The van der Waals surface area contributed by atoms with E-state index in [1.165, 1.54) is 5.69 Å². The Morgan fingerprint density at radius 1 is 1.31 bits per heavy atom. The van der Waals surface area contributed by atoms with Gasteiger partial charge < -0.3 is 23.8 Å². The maximum absolute atomic E-state index is 13.3. The van der Waals surface area contributed by atoms with Gasteiger partial charge in [0.2, 0.25) is 5.91 Å². The zero-order valence-electron chi connectivity index (χ0n) is 16.7. The summed E-state index contributed by atoms with van der Waals surface area (Å²) in [5, 5.41) is 0. The number of nitrogens with zero attached hydrogens (tertiary/aromatic N) is 4. The maximum Gasteiger partial charge on any atom is 0.226 e. The van der Waals surface area contributed by atoms with Crippen molar-refractivity contribution >= 4 is 11.6 Å². The van der Waals surface area contributed by atoms with Gasteiger partial charge in [0.15, 0.2) is 5.82 Å². The Hall–Kier alpha value is -2.38. The van der Waals surface area contributed by atoms with E-state index in [0.717, 1.165) is 44.2 Å². The summed E-state index contributed by atoms with van der Waals surface area (Å²) >= 11 is 0. The lowest BCUT2D eigenvalue weighted by molar-refractivity contribution is -0.133. The van der Waals surface area contributed by atoms with E-state index in [4.69, 9.17) is 9.47 Å². The molecule has 2 unspecified atom stereocenters. The van der Waals surface area contributed by atoms with Crippen LogP contribution in [0.2, 0.25) is 0 Å². The number of fused-ring (bicyclic) bond motifs is 5. The molecule has 1 saturated carbocycles. The normalized spacial score (nSPS) is 31.7. The van der Waals surface area contributed by atoms with Crippen molar-refractivity contribution in [2.24, 2.45) is 17.8 Å². The van der Waals surface area contributed by atoms with Gasteiger partial charge in [0.1, 0.15) is 5.54 Å². The molecule has 152 valence electrons. The van der Waals surface area contributed by atoms with Crippen LogP contribution in [0.1, 0.15) is 12.1 Å². The molecule has 1 spiro atoms. The van der Waals surface area contributed by atoms with E-state index in [9.17, 15) is 4.79 Å². The minimum atomic E-state index is -0.242. The molecule has 7 heteroatoms. The number of methoxy groups -OCH3 is 1. The molecule has 5 heterocycles. The Bertz CT molecular complexity index is 949. The lowest BCUT2D eigenvalue weighted by Crippen LogP contribution is -2.54. The first-order chi connectivity index (χ1) is 14.2. The fraction of sp³-hybridized carbons (Fsp3) is 0.545. The van der Waals surface area contributed by atoms with Gasteiger partial charge in [0, 0.05) is 45.1 Å². The number of anilines is 1. The molecule has 0 bridgehead atoms. The summed E-state index contributed by atoms with van der Waals surface area (Å²) in [6.07, 6.45) is 4.84. The fourth-order valence-electron chi connectivity index (χ4n) is 5.84. The summed E-state index contributed by atoms with van der Waals surface area (Å²) in [5.74, 6) is 2.35. The van der Waals surface area contributed by atoms with Crippen molar-refractivity contribution in [3.05, 3.63) is 42.4 Å². The van der Waals surface area contributed by atoms with Crippen molar-refractivity contribution < 1.29 is 14.3 Å². The number of pyridine rings is 1. The number of hydrogen-bond donors (Lipinski definition) is 0. The summed E-state index contributed by atoms with van der Waals surface area (Å²) in [7, 11) is 1.74. The zero-order valence-corrected chi connectivity index (χ0v) is 16.7. The lowest BCUT2D eigenvalue weighted by Gasteiger charge is -2.47. The van der Waals surface area contributed by atoms with Crippen molar-refractivity contribution in [1.82, 2.24) is 14.5 Å². The first-order valence-corrected chi connectivity index (χ1v) is 10.5. The Morgan fingerprint density at radius 3 is 3.00 bits per heavy atom. The number of likely N-dealkylation sites (tertiary alicyclic amines) is 1. The molecule has 2 aromatic heterocycles. The third-order valence-corrected chi connectivity index (χ3v) is 7.34. The molecule has 29 heavy (non-hydrogen) atoms. The molecular weight excluding hydrogens is 368 g/mol. The minimum absolute atomic E-state index is 0.177. The van der Waals surface area contributed by atoms with Gasteiger partial charge in [0.05, 0.1) is 31.2 Å². The molecule has 1 aliphatic carbocycles. The lowest BCUT2D eigenvalue weighted by atomic mass is 9.89. The fourth-order valence-corrected chi connectivity index (χ4v) is 5.84. The summed E-state index contributed by atoms with van der Waals surface area (Å²) in [6.45, 7) is 4.41. The molecule has 2 aromatic rings. The molecule has 4 atom stereocenters. The first kappa shape index (κ1) is 17.5. The van der Waals surface area contributed by atoms with Crippen LogP contribution in [-0.2, 0) is 19.8 Å². The van der Waals surface area contributed by atoms with Gasteiger partial charge in [-0.25, -0.2) is 4.98 Å². The Morgan fingerprint density at radius 2 is 2.17 bits per heavy atom. The third-order valence-electron chi connectivity index (χ3n) is 7.34. The van der Waals surface area contributed by atoms with Crippen molar-refractivity contribution in [2.45, 2.75) is 12.0 Å². The third kappa shape index (κ3) is 2.37. The second-order valence-electron chi connectivity index (χ2n) is 8.69. The Kier molecular flexibility index (Phi) is 3.80. The van der Waals surface area contributed by atoms with E-state index in [0.29, 0.717) is 30.9 Å². The van der Waals surface area contributed by atoms with Crippen LogP contribution in [0.25, 0.3) is 5.82 Å². The Balaban J connectivity index is 1.37. The van der Waals surface area contributed by atoms with E-state index in [1.807, 2.05) is 12.3 Å². The van der Waals surface area contributed by atoms with Gasteiger partial charge >= 0.3 is 0 Å². The molecule has 3 aliphatic heterocycles. The van der Waals surface area contributed by atoms with Gasteiger partial charge in [-0.1, -0.05) is 0 Å². The van der Waals surface area contributed by atoms with Crippen LogP contribution in [0.3, 0.4) is 0 Å². The largest absolute Gasteiger partial charge is 0.383 e. The first-order valence-electron chi connectivity index (χ1n) is 10.5. The zero-order chi connectivity index (χ0) is 19.6. The van der Waals surface area contributed by atoms with Crippen LogP contribution in [-0.4, -0.2) is 66.9 Å². The van der Waals surface area contributed by atoms with Crippen LogP contribution in [0.5, 0.6) is 0 Å². The number of aromatic nitrogens is 2. The molecular formula is C22H26N4O3. The minimum Gasteiger partial charge on any atom is -0.383 e. The highest BCUT2D eigenvalue weighted by Gasteiger charge is 2.60. The molecule has 0 radical (unpaired) electrons. The molecule has 7 nitrogen and oxygen atoms in total. The smallest absolute Gasteiger partial charge is 0.226 e. The number of amides is 1. The van der Waals surface area contributed by atoms with E-state index >= 15 is 0 Å². The van der Waals surface area contributed by atoms with E-state index in [1.54, 1.807) is 7.11 Å². The number of carbonyl (C=O) groups excluding carboxylic acids is 1. The van der Waals surface area contributed by atoms with Gasteiger partial charge in [-0.2, -0.15) is 0 Å². The van der Waals surface area contributed by atoms with Crippen LogP contribution in [0.4, 0.5) is 5.69 Å². The molecule has 2 saturated heterocycles. The highest BCUT2D eigenvalue weighted by Crippen LogP contribution is 2.53. The van der Waals surface area contributed by atoms with Crippen LogP contribution in [0.15, 0.2) is 36.7 Å². The second-order valence-corrected chi connectivity index (χ2v) is 8.69. The molecule has 4 aliphatic rings. The average Bonchev–Trinajstić information content (AvgIpc) is 3.23. The Labute approximate surface area is 170 Å². The van der Waals surface area contributed by atoms with E-state index in [2.05, 4.69) is 43.7 Å². The van der Waals surface area contributed by atoms with Crippen molar-refractivity contribution in [3.8, 4) is 5.82 Å². The number of carbonyl (C=O) groups is 1.